The third-order valence-electron chi connectivity index (χ3n) is 4.29. The summed E-state index contributed by atoms with van der Waals surface area (Å²) in [6.07, 6.45) is 1.56. The largest absolute Gasteiger partial charge is 0.456 e. The minimum absolute atomic E-state index is 0.0253. The predicted octanol–water partition coefficient (Wildman–Crippen LogP) is 5.10. The van der Waals surface area contributed by atoms with Gasteiger partial charge in [-0.25, -0.2) is 4.98 Å². The summed E-state index contributed by atoms with van der Waals surface area (Å²) in [5, 5.41) is 20.9. The van der Waals surface area contributed by atoms with Gasteiger partial charge in [-0.05, 0) is 42.8 Å². The zero-order valence-electron chi connectivity index (χ0n) is 14.8. The molecule has 4 rings (SSSR count). The van der Waals surface area contributed by atoms with Gasteiger partial charge < -0.3 is 9.40 Å². The summed E-state index contributed by atoms with van der Waals surface area (Å²) in [4.78, 5) is 18.4. The molecule has 2 heterocycles. The molecule has 0 unspecified atom stereocenters. The molecule has 2 aromatic carbocycles. The average Bonchev–Trinajstić information content (AvgIpc) is 3.32. The highest BCUT2D eigenvalue weighted by atomic mass is 16.6. The highest BCUT2D eigenvalue weighted by Crippen LogP contribution is 2.32. The second-order valence-corrected chi connectivity index (χ2v) is 6.25. The molecule has 0 aliphatic carbocycles. The highest BCUT2D eigenvalue weighted by Gasteiger charge is 2.18. The first-order valence-electron chi connectivity index (χ1n) is 8.47. The van der Waals surface area contributed by atoms with Gasteiger partial charge in [0.2, 0.25) is 0 Å². The zero-order chi connectivity index (χ0) is 19.7. The molecule has 0 fully saturated rings. The van der Waals surface area contributed by atoms with Crippen LogP contribution in [-0.4, -0.2) is 14.9 Å². The van der Waals surface area contributed by atoms with Crippen LogP contribution in [-0.2, 0) is 0 Å². The van der Waals surface area contributed by atoms with Crippen LogP contribution in [0.3, 0.4) is 0 Å². The second kappa shape index (κ2) is 6.85. The summed E-state index contributed by atoms with van der Waals surface area (Å²) >= 11 is 0. The maximum Gasteiger partial charge on any atom is 0.280 e. The SMILES string of the molecule is Cc1ccc(-c2ccc(/C=C(\C#N)c3nc4ccccc4[nH]3)o2)c([N+](=O)[O-])c1. The van der Waals surface area contributed by atoms with Gasteiger partial charge in [0, 0.05) is 12.1 Å². The van der Waals surface area contributed by atoms with Crippen molar-refractivity contribution >= 4 is 28.4 Å². The van der Waals surface area contributed by atoms with Crippen LogP contribution in [0.4, 0.5) is 5.69 Å². The molecule has 0 atom stereocenters. The number of aromatic amines is 1. The van der Waals surface area contributed by atoms with E-state index in [4.69, 9.17) is 4.42 Å². The van der Waals surface area contributed by atoms with Gasteiger partial charge in [0.05, 0.1) is 27.1 Å². The van der Waals surface area contributed by atoms with Gasteiger partial charge in [-0.2, -0.15) is 5.26 Å². The summed E-state index contributed by atoms with van der Waals surface area (Å²) < 4.78 is 5.75. The van der Waals surface area contributed by atoms with Crippen molar-refractivity contribution in [2.24, 2.45) is 0 Å². The summed E-state index contributed by atoms with van der Waals surface area (Å²) in [5.74, 6) is 1.20. The van der Waals surface area contributed by atoms with Gasteiger partial charge in [0.1, 0.15) is 23.4 Å². The van der Waals surface area contributed by atoms with E-state index in [1.54, 1.807) is 37.3 Å². The van der Waals surface area contributed by atoms with Crippen molar-refractivity contribution in [1.82, 2.24) is 9.97 Å². The number of nitro benzene ring substituents is 1. The highest BCUT2D eigenvalue weighted by molar-refractivity contribution is 5.89. The normalized spacial score (nSPS) is 11.5. The van der Waals surface area contributed by atoms with Gasteiger partial charge in [-0.15, -0.1) is 0 Å². The fourth-order valence-corrected chi connectivity index (χ4v) is 2.95. The van der Waals surface area contributed by atoms with Crippen LogP contribution in [0.15, 0.2) is 59.0 Å². The van der Waals surface area contributed by atoms with Crippen molar-refractivity contribution in [2.75, 3.05) is 0 Å². The van der Waals surface area contributed by atoms with Crippen molar-refractivity contribution in [1.29, 1.82) is 5.26 Å². The Kier molecular flexibility index (Phi) is 4.22. The Bertz CT molecular complexity index is 1240. The number of furan rings is 1. The summed E-state index contributed by atoms with van der Waals surface area (Å²) in [6.45, 7) is 1.79. The second-order valence-electron chi connectivity index (χ2n) is 6.25. The Labute approximate surface area is 159 Å². The Morgan fingerprint density at radius 1 is 1.25 bits per heavy atom. The van der Waals surface area contributed by atoms with E-state index in [-0.39, 0.29) is 5.69 Å². The summed E-state index contributed by atoms with van der Waals surface area (Å²) in [6, 6.07) is 17.9. The minimum Gasteiger partial charge on any atom is -0.456 e. The van der Waals surface area contributed by atoms with E-state index < -0.39 is 4.92 Å². The first-order valence-corrected chi connectivity index (χ1v) is 8.47. The molecule has 0 amide bonds. The summed E-state index contributed by atoms with van der Waals surface area (Å²) in [7, 11) is 0. The topological polar surface area (TPSA) is 109 Å². The molecular weight excluding hydrogens is 356 g/mol. The number of allylic oxidation sites excluding steroid dienone is 1. The molecule has 0 saturated heterocycles. The number of nitrogens with one attached hydrogen (secondary N) is 1. The number of H-pyrrole nitrogens is 1. The minimum atomic E-state index is -0.435. The van der Waals surface area contributed by atoms with E-state index in [0.29, 0.717) is 28.5 Å². The number of nitrogens with zero attached hydrogens (tertiary/aromatic N) is 3. The Morgan fingerprint density at radius 3 is 2.82 bits per heavy atom. The average molecular weight is 370 g/mol. The predicted molar refractivity (Wildman–Crippen MR) is 105 cm³/mol. The van der Waals surface area contributed by atoms with Crippen LogP contribution in [0, 0.1) is 28.4 Å². The van der Waals surface area contributed by atoms with Crippen molar-refractivity contribution in [3.63, 3.8) is 0 Å². The lowest BCUT2D eigenvalue weighted by Gasteiger charge is -2.01. The number of hydrogen-bond donors (Lipinski definition) is 1. The lowest BCUT2D eigenvalue weighted by Crippen LogP contribution is -1.92. The molecule has 7 heteroatoms. The fourth-order valence-electron chi connectivity index (χ4n) is 2.95. The van der Waals surface area contributed by atoms with E-state index in [2.05, 4.69) is 16.0 Å². The number of para-hydroxylation sites is 2. The number of nitriles is 1. The van der Waals surface area contributed by atoms with Crippen LogP contribution in [0.1, 0.15) is 17.1 Å². The van der Waals surface area contributed by atoms with E-state index >= 15 is 0 Å². The molecule has 28 heavy (non-hydrogen) atoms. The van der Waals surface area contributed by atoms with E-state index in [1.807, 2.05) is 24.3 Å². The number of imidazole rings is 1. The number of aromatic nitrogens is 2. The molecule has 136 valence electrons. The molecule has 0 aliphatic heterocycles. The first kappa shape index (κ1) is 17.2. The van der Waals surface area contributed by atoms with Crippen molar-refractivity contribution < 1.29 is 9.34 Å². The van der Waals surface area contributed by atoms with Gasteiger partial charge >= 0.3 is 0 Å². The van der Waals surface area contributed by atoms with Gasteiger partial charge in [0.25, 0.3) is 5.69 Å². The van der Waals surface area contributed by atoms with Crippen molar-refractivity contribution in [2.45, 2.75) is 6.92 Å². The van der Waals surface area contributed by atoms with E-state index in [0.717, 1.165) is 16.6 Å². The number of fused-ring (bicyclic) bond motifs is 1. The lowest BCUT2D eigenvalue weighted by molar-refractivity contribution is -0.384. The maximum atomic E-state index is 11.3. The third kappa shape index (κ3) is 3.15. The van der Waals surface area contributed by atoms with Crippen molar-refractivity contribution in [3.8, 4) is 17.4 Å². The van der Waals surface area contributed by atoms with Gasteiger partial charge in [0.15, 0.2) is 0 Å². The molecular formula is C21H14N4O3. The molecule has 0 radical (unpaired) electrons. The van der Waals surface area contributed by atoms with E-state index in [1.165, 1.54) is 6.07 Å². The molecule has 0 saturated carbocycles. The van der Waals surface area contributed by atoms with Crippen LogP contribution in [0.2, 0.25) is 0 Å². The Hall–Kier alpha value is -4.18. The maximum absolute atomic E-state index is 11.3. The first-order chi connectivity index (χ1) is 13.5. The van der Waals surface area contributed by atoms with Crippen LogP contribution < -0.4 is 0 Å². The number of aryl methyl sites for hydroxylation is 1. The Morgan fingerprint density at radius 2 is 2.07 bits per heavy atom. The summed E-state index contributed by atoms with van der Waals surface area (Å²) in [5.41, 5.74) is 3.04. The Balaban J connectivity index is 1.73. The molecule has 7 nitrogen and oxygen atoms in total. The quantitative estimate of drug-likeness (QED) is 0.305. The number of nitro groups is 1. The molecule has 1 N–H and O–H groups in total. The van der Waals surface area contributed by atoms with Crippen LogP contribution >= 0.6 is 0 Å². The molecule has 0 aliphatic rings. The zero-order valence-corrected chi connectivity index (χ0v) is 14.8. The molecule has 0 spiro atoms. The monoisotopic (exact) mass is 370 g/mol. The molecule has 4 aromatic rings. The van der Waals surface area contributed by atoms with Crippen LogP contribution in [0.5, 0.6) is 0 Å². The van der Waals surface area contributed by atoms with Gasteiger partial charge in [-0.1, -0.05) is 18.2 Å². The molecule has 2 aromatic heterocycles. The van der Waals surface area contributed by atoms with Crippen LogP contribution in [0.25, 0.3) is 34.0 Å². The van der Waals surface area contributed by atoms with Gasteiger partial charge in [-0.3, -0.25) is 10.1 Å². The molecule has 0 bridgehead atoms. The number of benzene rings is 2. The standard InChI is InChI=1S/C21H14N4O3/c1-13-6-8-16(19(10-13)25(26)27)20-9-7-15(28-20)11-14(12-22)21-23-17-4-2-3-5-18(17)24-21/h2-11H,1H3,(H,23,24)/b14-11+. The smallest absolute Gasteiger partial charge is 0.280 e. The lowest BCUT2D eigenvalue weighted by atomic mass is 10.1. The van der Waals surface area contributed by atoms with E-state index in [9.17, 15) is 15.4 Å². The van der Waals surface area contributed by atoms with Crippen molar-refractivity contribution in [3.05, 3.63) is 81.9 Å². The third-order valence-corrected chi connectivity index (χ3v) is 4.29. The fraction of sp³-hybridized carbons (Fsp3) is 0.0476. The number of hydrogen-bond acceptors (Lipinski definition) is 5. The number of rotatable bonds is 4.